The maximum absolute atomic E-state index is 13.9. The molecular weight excluding hydrogens is 427 g/mol. The fraction of sp³-hybridized carbons (Fsp3) is 0.375. The number of esters is 1. The van der Waals surface area contributed by atoms with Crippen LogP contribution in [0.3, 0.4) is 0 Å². The number of aromatic amines is 1. The molecule has 8 nitrogen and oxygen atoms in total. The Balaban J connectivity index is 1.36. The number of fused-ring (bicyclic) bond motifs is 5. The van der Waals surface area contributed by atoms with Crippen molar-refractivity contribution in [1.82, 2.24) is 14.5 Å². The van der Waals surface area contributed by atoms with Gasteiger partial charge in [-0.3, -0.25) is 14.5 Å². The first-order valence-corrected chi connectivity index (χ1v) is 11.1. The largest absolute Gasteiger partial charge is 0.461 e. The third-order valence-electron chi connectivity index (χ3n) is 6.43. The molecule has 3 aromatic rings. The first kappa shape index (κ1) is 21.4. The Hall–Kier alpha value is -3.46. The lowest BCUT2D eigenvalue weighted by molar-refractivity contribution is -0.117. The van der Waals surface area contributed by atoms with E-state index in [1.807, 2.05) is 10.6 Å². The summed E-state index contributed by atoms with van der Waals surface area (Å²) in [6.07, 6.45) is 0.996. The lowest BCUT2D eigenvalue weighted by atomic mass is 9.83. The Bertz CT molecular complexity index is 1300. The van der Waals surface area contributed by atoms with Gasteiger partial charge in [-0.15, -0.1) is 0 Å². The van der Waals surface area contributed by atoms with E-state index in [9.17, 15) is 18.8 Å². The van der Waals surface area contributed by atoms with Gasteiger partial charge in [-0.1, -0.05) is 6.07 Å². The molecule has 0 aliphatic carbocycles. The number of nitrogens with zero attached hydrogens (tertiary/aromatic N) is 2. The number of rotatable bonds is 5. The van der Waals surface area contributed by atoms with Crippen molar-refractivity contribution in [1.29, 1.82) is 0 Å². The van der Waals surface area contributed by atoms with Crippen LogP contribution in [-0.2, 0) is 16.1 Å². The van der Waals surface area contributed by atoms with Crippen molar-refractivity contribution in [3.8, 4) is 0 Å². The van der Waals surface area contributed by atoms with Crippen LogP contribution in [0.4, 0.5) is 10.1 Å². The quantitative estimate of drug-likeness (QED) is 0.581. The highest BCUT2D eigenvalue weighted by Gasteiger charge is 2.35. The second kappa shape index (κ2) is 8.47. The minimum Gasteiger partial charge on any atom is -0.461 e. The van der Waals surface area contributed by atoms with Crippen molar-refractivity contribution in [3.63, 3.8) is 0 Å². The number of piperidine rings is 1. The van der Waals surface area contributed by atoms with Crippen LogP contribution in [0.5, 0.6) is 0 Å². The van der Waals surface area contributed by atoms with E-state index in [0.717, 1.165) is 12.1 Å². The van der Waals surface area contributed by atoms with Crippen molar-refractivity contribution >= 4 is 28.5 Å². The minimum absolute atomic E-state index is 0.0199. The van der Waals surface area contributed by atoms with Crippen LogP contribution in [0.2, 0.25) is 0 Å². The molecule has 0 saturated carbocycles. The highest BCUT2D eigenvalue weighted by atomic mass is 19.1. The first-order valence-electron chi connectivity index (χ1n) is 11.1. The third kappa shape index (κ3) is 4.04. The molecule has 2 atom stereocenters. The van der Waals surface area contributed by atoms with Crippen molar-refractivity contribution in [2.75, 3.05) is 31.6 Å². The first-order chi connectivity index (χ1) is 15.9. The molecule has 33 heavy (non-hydrogen) atoms. The molecule has 2 aromatic heterocycles. The van der Waals surface area contributed by atoms with Crippen LogP contribution < -0.4 is 10.9 Å². The number of halogens is 1. The molecule has 2 N–H and O–H groups in total. The maximum atomic E-state index is 13.9. The lowest BCUT2D eigenvalue weighted by Gasteiger charge is -2.42. The Kier molecular flexibility index (Phi) is 5.49. The van der Waals surface area contributed by atoms with E-state index in [1.165, 1.54) is 18.2 Å². The van der Waals surface area contributed by atoms with E-state index >= 15 is 0 Å². The summed E-state index contributed by atoms with van der Waals surface area (Å²) in [4.78, 5) is 42.6. The fourth-order valence-corrected chi connectivity index (χ4v) is 5.16. The number of carbonyl (C=O) groups is 2. The zero-order valence-corrected chi connectivity index (χ0v) is 18.3. The lowest BCUT2D eigenvalue weighted by Crippen LogP contribution is -2.49. The van der Waals surface area contributed by atoms with Crippen molar-refractivity contribution < 1.29 is 18.7 Å². The molecule has 1 saturated heterocycles. The zero-order chi connectivity index (χ0) is 23.1. The number of pyridine rings is 1. The number of benzene rings is 1. The van der Waals surface area contributed by atoms with Crippen LogP contribution in [0.15, 0.2) is 41.2 Å². The van der Waals surface area contributed by atoms with E-state index in [-0.39, 0.29) is 41.9 Å². The zero-order valence-electron chi connectivity index (χ0n) is 18.3. The van der Waals surface area contributed by atoms with Gasteiger partial charge in [0.2, 0.25) is 5.91 Å². The Labute approximate surface area is 189 Å². The monoisotopic (exact) mass is 452 g/mol. The van der Waals surface area contributed by atoms with Gasteiger partial charge in [-0.25, -0.2) is 9.18 Å². The average Bonchev–Trinajstić information content (AvgIpc) is 3.12. The second-order valence-electron chi connectivity index (χ2n) is 8.73. The second-order valence-corrected chi connectivity index (χ2v) is 8.73. The summed E-state index contributed by atoms with van der Waals surface area (Å²) < 4.78 is 20.8. The molecule has 2 aliphatic rings. The molecule has 1 amide bonds. The maximum Gasteiger partial charge on any atom is 0.356 e. The number of anilines is 1. The van der Waals surface area contributed by atoms with Crippen molar-refractivity contribution in [2.24, 2.45) is 5.92 Å². The number of nitrogens with one attached hydrogen (secondary N) is 2. The van der Waals surface area contributed by atoms with Crippen LogP contribution >= 0.6 is 0 Å². The summed E-state index contributed by atoms with van der Waals surface area (Å²) >= 11 is 0. The molecule has 172 valence electrons. The van der Waals surface area contributed by atoms with Crippen molar-refractivity contribution in [2.45, 2.75) is 25.8 Å². The Morgan fingerprint density at radius 1 is 1.21 bits per heavy atom. The molecule has 0 spiro atoms. The Morgan fingerprint density at radius 2 is 2.06 bits per heavy atom. The van der Waals surface area contributed by atoms with Crippen LogP contribution in [0, 0.1) is 11.7 Å². The number of aromatic nitrogens is 2. The highest BCUT2D eigenvalue weighted by molar-refractivity contribution is 6.11. The van der Waals surface area contributed by atoms with Gasteiger partial charge in [-0.05, 0) is 43.5 Å². The average molecular weight is 452 g/mol. The highest BCUT2D eigenvalue weighted by Crippen LogP contribution is 2.35. The predicted octanol–water partition coefficient (Wildman–Crippen LogP) is 2.70. The number of hydrogen-bond donors (Lipinski definition) is 2. The van der Waals surface area contributed by atoms with E-state index in [1.54, 1.807) is 19.1 Å². The van der Waals surface area contributed by atoms with Gasteiger partial charge < -0.3 is 19.6 Å². The normalized spacial score (nSPS) is 19.8. The number of amides is 1. The van der Waals surface area contributed by atoms with Gasteiger partial charge in [0.05, 0.1) is 18.8 Å². The number of hydrogen-bond acceptors (Lipinski definition) is 5. The topological polar surface area (TPSA) is 96.4 Å². The fourth-order valence-electron chi connectivity index (χ4n) is 5.16. The SMILES string of the molecule is CCOC(=O)c1[nH]c2ccc(F)cc2c1NC(=O)CN1CC2C[C@@H](C1)c1cccc(=O)n1C2. The van der Waals surface area contributed by atoms with Gasteiger partial charge in [0, 0.05) is 48.2 Å². The molecule has 2 aliphatic heterocycles. The third-order valence-corrected chi connectivity index (χ3v) is 6.43. The smallest absolute Gasteiger partial charge is 0.356 e. The van der Waals surface area contributed by atoms with Gasteiger partial charge in [0.25, 0.3) is 5.56 Å². The molecule has 4 heterocycles. The molecule has 5 rings (SSSR count). The van der Waals surface area contributed by atoms with Gasteiger partial charge in [0.15, 0.2) is 0 Å². The molecular formula is C24H25FN4O4. The Morgan fingerprint density at radius 3 is 2.88 bits per heavy atom. The molecule has 0 radical (unpaired) electrons. The van der Waals surface area contributed by atoms with Gasteiger partial charge in [-0.2, -0.15) is 0 Å². The molecule has 1 fully saturated rings. The number of ether oxygens (including phenoxy) is 1. The van der Waals surface area contributed by atoms with Gasteiger partial charge in [0.1, 0.15) is 11.5 Å². The summed E-state index contributed by atoms with van der Waals surface area (Å²) in [7, 11) is 0. The van der Waals surface area contributed by atoms with E-state index < -0.39 is 11.8 Å². The summed E-state index contributed by atoms with van der Waals surface area (Å²) in [5.41, 5.74) is 1.88. The van der Waals surface area contributed by atoms with Crippen molar-refractivity contribution in [3.05, 3.63) is 64.0 Å². The summed E-state index contributed by atoms with van der Waals surface area (Å²) in [6, 6.07) is 9.44. The molecule has 9 heteroatoms. The van der Waals surface area contributed by atoms with Crippen LogP contribution in [0.1, 0.15) is 35.4 Å². The van der Waals surface area contributed by atoms with E-state index in [4.69, 9.17) is 4.74 Å². The number of H-pyrrole nitrogens is 1. The predicted molar refractivity (Wildman–Crippen MR) is 121 cm³/mol. The standard InChI is InChI=1S/C24H25FN4O4/c1-2-33-24(32)23-22(17-9-16(25)6-7-18(17)26-23)27-20(30)13-28-10-14-8-15(12-28)19-4-3-5-21(31)29(19)11-14/h3-7,9,14-15,26H,2,8,10-13H2,1H3,(H,27,30)/t14?,15-/m0/s1. The van der Waals surface area contributed by atoms with E-state index in [0.29, 0.717) is 36.5 Å². The molecule has 1 unspecified atom stereocenters. The van der Waals surface area contributed by atoms with Crippen LogP contribution in [-0.4, -0.2) is 52.6 Å². The minimum atomic E-state index is -0.612. The van der Waals surface area contributed by atoms with E-state index in [2.05, 4.69) is 15.2 Å². The summed E-state index contributed by atoms with van der Waals surface area (Å²) in [5.74, 6) is -0.891. The van der Waals surface area contributed by atoms with Gasteiger partial charge >= 0.3 is 5.97 Å². The summed E-state index contributed by atoms with van der Waals surface area (Å²) in [6.45, 7) is 4.03. The molecule has 1 aromatic carbocycles. The summed E-state index contributed by atoms with van der Waals surface area (Å²) in [5, 5.41) is 3.22. The number of likely N-dealkylation sites (tertiary alicyclic amines) is 1. The molecule has 2 bridgehead atoms. The van der Waals surface area contributed by atoms with Crippen LogP contribution in [0.25, 0.3) is 10.9 Å². The number of carbonyl (C=O) groups excluding carboxylic acids is 2.